The van der Waals surface area contributed by atoms with Crippen LogP contribution >= 0.6 is 0 Å². The first-order chi connectivity index (χ1) is 11.6. The van der Waals surface area contributed by atoms with Crippen LogP contribution in [0, 0.1) is 5.92 Å². The number of benzene rings is 1. The van der Waals surface area contributed by atoms with Gasteiger partial charge in [0.25, 0.3) is 5.91 Å². The molecule has 0 unspecified atom stereocenters. The molecule has 0 fully saturated rings. The molecule has 1 amide bonds. The predicted octanol–water partition coefficient (Wildman–Crippen LogP) is 4.17. The smallest absolute Gasteiger partial charge is 0.267 e. The number of allylic oxidation sites excluding steroid dienone is 2. The maximum Gasteiger partial charge on any atom is 0.267 e. The highest BCUT2D eigenvalue weighted by Crippen LogP contribution is 2.29. The molecule has 2 aromatic rings. The van der Waals surface area contributed by atoms with E-state index in [1.807, 2.05) is 47.9 Å². The fourth-order valence-corrected chi connectivity index (χ4v) is 2.51. The van der Waals surface area contributed by atoms with Crippen LogP contribution in [0.5, 0.6) is 5.75 Å². The van der Waals surface area contributed by atoms with Crippen molar-refractivity contribution in [3.63, 3.8) is 0 Å². The largest absolute Gasteiger partial charge is 0.489 e. The molecule has 0 atom stereocenters. The number of nitrogens with one attached hydrogen (secondary N) is 1. The predicted molar refractivity (Wildman–Crippen MR) is 99.6 cm³/mol. The van der Waals surface area contributed by atoms with E-state index >= 15 is 0 Å². The molecule has 1 heterocycles. The molecule has 0 bridgehead atoms. The van der Waals surface area contributed by atoms with Gasteiger partial charge in [-0.1, -0.05) is 44.7 Å². The second-order valence-electron chi connectivity index (χ2n) is 6.10. The van der Waals surface area contributed by atoms with Crippen LogP contribution < -0.4 is 10.1 Å². The highest BCUT2D eigenvalue weighted by Gasteiger charge is 2.17. The number of carbonyl (C=O) groups excluding carboxylic acids is 1. The van der Waals surface area contributed by atoms with Crippen molar-refractivity contribution >= 4 is 16.8 Å². The number of amides is 1. The number of fused-ring (bicyclic) bond motifs is 1. The number of rotatable bonds is 8. The number of hydrogen-bond donors (Lipinski definition) is 1. The molecule has 128 valence electrons. The van der Waals surface area contributed by atoms with E-state index in [-0.39, 0.29) is 5.91 Å². The lowest BCUT2D eigenvalue weighted by Gasteiger charge is -2.11. The average Bonchev–Trinajstić information content (AvgIpc) is 2.95. The summed E-state index contributed by atoms with van der Waals surface area (Å²) >= 11 is 0. The van der Waals surface area contributed by atoms with E-state index in [4.69, 9.17) is 4.74 Å². The Morgan fingerprint density at radius 2 is 2.21 bits per heavy atom. The summed E-state index contributed by atoms with van der Waals surface area (Å²) in [5.41, 5.74) is 1.64. The number of ether oxygens (including phenoxy) is 1. The van der Waals surface area contributed by atoms with Crippen molar-refractivity contribution in [3.05, 3.63) is 54.8 Å². The van der Waals surface area contributed by atoms with Gasteiger partial charge in [0.05, 0.1) is 5.52 Å². The number of hydrogen-bond acceptors (Lipinski definition) is 2. The SMILES string of the molecule is C=CCOc1cccc2c1cc(C(=O)NCC(C)C)n2C/C=C\C. The minimum Gasteiger partial charge on any atom is -0.489 e. The van der Waals surface area contributed by atoms with Crippen molar-refractivity contribution in [1.82, 2.24) is 9.88 Å². The molecule has 0 spiro atoms. The second kappa shape index (κ2) is 8.39. The van der Waals surface area contributed by atoms with Crippen molar-refractivity contribution in [2.45, 2.75) is 27.3 Å². The second-order valence-corrected chi connectivity index (χ2v) is 6.10. The Balaban J connectivity index is 2.47. The summed E-state index contributed by atoms with van der Waals surface area (Å²) in [6, 6.07) is 7.79. The maximum absolute atomic E-state index is 12.6. The van der Waals surface area contributed by atoms with Gasteiger partial charge in [0.2, 0.25) is 0 Å². The van der Waals surface area contributed by atoms with Crippen LogP contribution in [0.4, 0.5) is 0 Å². The normalized spacial score (nSPS) is 11.3. The lowest BCUT2D eigenvalue weighted by Crippen LogP contribution is -2.29. The molecule has 0 aliphatic carbocycles. The lowest BCUT2D eigenvalue weighted by atomic mass is 10.2. The van der Waals surface area contributed by atoms with Gasteiger partial charge in [-0.2, -0.15) is 0 Å². The summed E-state index contributed by atoms with van der Waals surface area (Å²) in [5.74, 6) is 1.12. The van der Waals surface area contributed by atoms with Crippen molar-refractivity contribution in [2.24, 2.45) is 5.92 Å². The standard InChI is InChI=1S/C20H26N2O2/c1-5-7-11-22-17-9-8-10-19(24-12-6-2)16(17)13-18(22)20(23)21-14-15(3)4/h5-10,13,15H,2,11-12,14H2,1,3-4H3,(H,21,23)/b7-5-. The molecule has 1 aromatic carbocycles. The van der Waals surface area contributed by atoms with Gasteiger partial charge < -0.3 is 14.6 Å². The van der Waals surface area contributed by atoms with Gasteiger partial charge in [0.15, 0.2) is 0 Å². The van der Waals surface area contributed by atoms with Crippen LogP contribution in [0.25, 0.3) is 10.9 Å². The molecule has 1 N–H and O–H groups in total. The van der Waals surface area contributed by atoms with Crippen molar-refractivity contribution in [1.29, 1.82) is 0 Å². The third-order valence-electron chi connectivity index (χ3n) is 3.69. The fourth-order valence-electron chi connectivity index (χ4n) is 2.51. The minimum absolute atomic E-state index is 0.0564. The monoisotopic (exact) mass is 326 g/mol. The van der Waals surface area contributed by atoms with Crippen LogP contribution in [-0.4, -0.2) is 23.6 Å². The summed E-state index contributed by atoms with van der Waals surface area (Å²) in [4.78, 5) is 12.6. The lowest BCUT2D eigenvalue weighted by molar-refractivity contribution is 0.0940. The molecule has 4 nitrogen and oxygen atoms in total. The van der Waals surface area contributed by atoms with E-state index in [0.29, 0.717) is 31.3 Å². The first kappa shape index (κ1) is 17.9. The van der Waals surface area contributed by atoms with Gasteiger partial charge in [-0.05, 0) is 31.0 Å². The van der Waals surface area contributed by atoms with E-state index < -0.39 is 0 Å². The van der Waals surface area contributed by atoms with E-state index in [1.54, 1.807) is 6.08 Å². The summed E-state index contributed by atoms with van der Waals surface area (Å²) in [7, 11) is 0. The number of nitrogens with zero attached hydrogens (tertiary/aromatic N) is 1. The van der Waals surface area contributed by atoms with Crippen LogP contribution in [0.15, 0.2) is 49.1 Å². The molecular weight excluding hydrogens is 300 g/mol. The molecule has 2 rings (SSSR count). The zero-order valence-electron chi connectivity index (χ0n) is 14.7. The summed E-state index contributed by atoms with van der Waals surface area (Å²) in [6.07, 6.45) is 5.74. The van der Waals surface area contributed by atoms with E-state index in [1.165, 1.54) is 0 Å². The molecule has 24 heavy (non-hydrogen) atoms. The van der Waals surface area contributed by atoms with Gasteiger partial charge in [-0.15, -0.1) is 0 Å². The molecule has 0 saturated heterocycles. The molecule has 0 radical (unpaired) electrons. The van der Waals surface area contributed by atoms with Crippen LogP contribution in [0.2, 0.25) is 0 Å². The molecule has 0 aliphatic heterocycles. The quantitative estimate of drug-likeness (QED) is 0.740. The summed E-state index contributed by atoms with van der Waals surface area (Å²) < 4.78 is 7.76. The Kier molecular flexibility index (Phi) is 6.24. The first-order valence-corrected chi connectivity index (χ1v) is 8.33. The third-order valence-corrected chi connectivity index (χ3v) is 3.69. The zero-order chi connectivity index (χ0) is 17.5. The van der Waals surface area contributed by atoms with Gasteiger partial charge in [-0.3, -0.25) is 4.79 Å². The Morgan fingerprint density at radius 1 is 1.42 bits per heavy atom. The van der Waals surface area contributed by atoms with Crippen molar-refractivity contribution in [3.8, 4) is 5.75 Å². The number of carbonyl (C=O) groups is 1. The molecule has 0 aliphatic rings. The summed E-state index contributed by atoms with van der Waals surface area (Å²) in [5, 5.41) is 3.94. The maximum atomic E-state index is 12.6. The number of aromatic nitrogens is 1. The van der Waals surface area contributed by atoms with Gasteiger partial charge in [0.1, 0.15) is 18.1 Å². The van der Waals surface area contributed by atoms with Crippen molar-refractivity contribution in [2.75, 3.05) is 13.2 Å². The molecule has 4 heteroatoms. The third kappa shape index (κ3) is 4.07. The topological polar surface area (TPSA) is 43.3 Å². The average molecular weight is 326 g/mol. The zero-order valence-corrected chi connectivity index (χ0v) is 14.7. The van der Waals surface area contributed by atoms with Gasteiger partial charge >= 0.3 is 0 Å². The van der Waals surface area contributed by atoms with Gasteiger partial charge in [0, 0.05) is 18.5 Å². The van der Waals surface area contributed by atoms with Gasteiger partial charge in [-0.25, -0.2) is 0 Å². The van der Waals surface area contributed by atoms with E-state index in [2.05, 4.69) is 25.7 Å². The van der Waals surface area contributed by atoms with E-state index in [9.17, 15) is 4.79 Å². The van der Waals surface area contributed by atoms with E-state index in [0.717, 1.165) is 16.7 Å². The van der Waals surface area contributed by atoms with Crippen LogP contribution in [0.3, 0.4) is 0 Å². The summed E-state index contributed by atoms with van der Waals surface area (Å²) in [6.45, 7) is 11.6. The highest BCUT2D eigenvalue weighted by atomic mass is 16.5. The first-order valence-electron chi connectivity index (χ1n) is 8.33. The molecular formula is C20H26N2O2. The molecule has 0 saturated carbocycles. The van der Waals surface area contributed by atoms with Crippen LogP contribution in [0.1, 0.15) is 31.3 Å². The molecule has 1 aromatic heterocycles. The Bertz CT molecular complexity index is 741. The Morgan fingerprint density at radius 3 is 2.88 bits per heavy atom. The Hall–Kier alpha value is -2.49. The highest BCUT2D eigenvalue weighted by molar-refractivity contribution is 6.00. The fraction of sp³-hybridized carbons (Fsp3) is 0.350. The Labute approximate surface area is 143 Å². The van der Waals surface area contributed by atoms with Crippen molar-refractivity contribution < 1.29 is 9.53 Å². The minimum atomic E-state index is -0.0564. The van der Waals surface area contributed by atoms with Crippen LogP contribution in [-0.2, 0) is 6.54 Å².